The van der Waals surface area contributed by atoms with Crippen LogP contribution in [0.4, 0.5) is 28.8 Å². The molecular formula is C25H30Cl2N8O3. The molecule has 2 aromatic heterocycles. The van der Waals surface area contributed by atoms with Crippen LogP contribution >= 0.6 is 23.2 Å². The highest BCUT2D eigenvalue weighted by atomic mass is 35.5. The summed E-state index contributed by atoms with van der Waals surface area (Å²) in [6.45, 7) is 6.75. The van der Waals surface area contributed by atoms with Crippen molar-refractivity contribution in [2.45, 2.75) is 19.9 Å². The van der Waals surface area contributed by atoms with E-state index in [2.05, 4.69) is 34.4 Å². The van der Waals surface area contributed by atoms with Gasteiger partial charge in [0.2, 0.25) is 11.6 Å². The maximum Gasteiger partial charge on any atom is 0.241 e. The Kier molecular flexibility index (Phi) is 8.87. The molecule has 4 rings (SSSR count). The Labute approximate surface area is 230 Å². The molecule has 6 N–H and O–H groups in total. The first-order valence-corrected chi connectivity index (χ1v) is 12.9. The number of hydrogen-bond acceptors (Lipinski definition) is 9. The number of rotatable bonds is 9. The molecule has 0 aliphatic carbocycles. The van der Waals surface area contributed by atoms with Crippen molar-refractivity contribution in [2.24, 2.45) is 0 Å². The van der Waals surface area contributed by atoms with Gasteiger partial charge in [-0.25, -0.2) is 15.2 Å². The van der Waals surface area contributed by atoms with Gasteiger partial charge in [-0.15, -0.1) is 0 Å². The fraction of sp³-hybridized carbons (Fsp3) is 0.320. The van der Waals surface area contributed by atoms with E-state index in [9.17, 15) is 10.0 Å². The molecule has 0 radical (unpaired) electrons. The number of halogens is 2. The second-order valence-corrected chi connectivity index (χ2v) is 9.93. The molecule has 11 nitrogen and oxygen atoms in total. The number of nitrogens with two attached hydrogens (primary N) is 1. The SMILES string of the molecule is CC(C)N1CCN(c2ccc(NCCNc3ccc([NH+]([O-])O)c(N)n3)nc2-c2ccc(Cl)cc2Cl)C(=O)C1. The molecule has 0 saturated carbocycles. The summed E-state index contributed by atoms with van der Waals surface area (Å²) in [5.74, 6) is 1.01. The van der Waals surface area contributed by atoms with Gasteiger partial charge in [0.25, 0.3) is 0 Å². The number of nitrogens with one attached hydrogen (secondary N) is 3. The number of quaternary nitrogens is 1. The molecule has 3 aromatic rings. The summed E-state index contributed by atoms with van der Waals surface area (Å²) in [4.78, 5) is 25.9. The van der Waals surface area contributed by atoms with E-state index in [0.717, 1.165) is 6.54 Å². The largest absolute Gasteiger partial charge is 0.595 e. The van der Waals surface area contributed by atoms with Crippen molar-refractivity contribution in [1.82, 2.24) is 14.9 Å². The van der Waals surface area contributed by atoms with Crippen molar-refractivity contribution in [3.8, 4) is 11.3 Å². The molecule has 1 saturated heterocycles. The lowest BCUT2D eigenvalue weighted by molar-refractivity contribution is -0.990. The van der Waals surface area contributed by atoms with E-state index >= 15 is 0 Å². The van der Waals surface area contributed by atoms with Crippen LogP contribution in [-0.2, 0) is 4.79 Å². The molecule has 1 aliphatic rings. The lowest BCUT2D eigenvalue weighted by Crippen LogP contribution is -2.99. The van der Waals surface area contributed by atoms with Gasteiger partial charge in [-0.3, -0.25) is 9.69 Å². The first-order chi connectivity index (χ1) is 18.1. The van der Waals surface area contributed by atoms with Crippen LogP contribution in [0.15, 0.2) is 42.5 Å². The molecule has 3 heterocycles. The zero-order valence-corrected chi connectivity index (χ0v) is 22.6. The predicted octanol–water partition coefficient (Wildman–Crippen LogP) is 3.02. The number of benzene rings is 1. The zero-order chi connectivity index (χ0) is 27.4. The summed E-state index contributed by atoms with van der Waals surface area (Å²) in [6, 6.07) is 12.1. The molecule has 0 spiro atoms. The molecular weight excluding hydrogens is 531 g/mol. The van der Waals surface area contributed by atoms with Crippen LogP contribution in [0.5, 0.6) is 0 Å². The number of nitrogens with zero attached hydrogens (tertiary/aromatic N) is 4. The molecule has 13 heteroatoms. The Morgan fingerprint density at radius 1 is 1.08 bits per heavy atom. The third-order valence-corrected chi connectivity index (χ3v) is 6.77. The highest BCUT2D eigenvalue weighted by Crippen LogP contribution is 2.37. The van der Waals surface area contributed by atoms with Gasteiger partial charge in [0.15, 0.2) is 5.82 Å². The summed E-state index contributed by atoms with van der Waals surface area (Å²) in [5.41, 5.74) is 7.60. The van der Waals surface area contributed by atoms with Crippen LogP contribution in [0.25, 0.3) is 11.3 Å². The quantitative estimate of drug-likeness (QED) is 0.197. The van der Waals surface area contributed by atoms with E-state index in [1.165, 1.54) is 6.07 Å². The number of carbonyl (C=O) groups is 1. The van der Waals surface area contributed by atoms with Crippen LogP contribution in [0.2, 0.25) is 10.0 Å². The van der Waals surface area contributed by atoms with Crippen LogP contribution in [0, 0.1) is 5.21 Å². The van der Waals surface area contributed by atoms with Gasteiger partial charge >= 0.3 is 0 Å². The van der Waals surface area contributed by atoms with Gasteiger partial charge in [-0.1, -0.05) is 23.2 Å². The fourth-order valence-corrected chi connectivity index (χ4v) is 4.67. The second-order valence-electron chi connectivity index (χ2n) is 9.09. The van der Waals surface area contributed by atoms with Crippen LogP contribution in [-0.4, -0.2) is 64.7 Å². The van der Waals surface area contributed by atoms with Gasteiger partial charge in [-0.2, -0.15) is 5.23 Å². The Bertz CT molecular complexity index is 1310. The molecule has 1 amide bonds. The predicted molar refractivity (Wildman–Crippen MR) is 150 cm³/mol. The van der Waals surface area contributed by atoms with E-state index < -0.39 is 5.23 Å². The maximum atomic E-state index is 13.1. The lowest BCUT2D eigenvalue weighted by atomic mass is 10.1. The highest BCUT2D eigenvalue weighted by Gasteiger charge is 2.29. The maximum absolute atomic E-state index is 13.1. The number of anilines is 4. The first kappa shape index (κ1) is 27.8. The van der Waals surface area contributed by atoms with E-state index in [0.29, 0.717) is 64.8 Å². The highest BCUT2D eigenvalue weighted by molar-refractivity contribution is 6.36. The number of nitrogen functional groups attached to an aromatic ring is 1. The van der Waals surface area contributed by atoms with Crippen molar-refractivity contribution in [3.05, 3.63) is 57.7 Å². The minimum absolute atomic E-state index is 0.00341. The topological polar surface area (TPSA) is 147 Å². The van der Waals surface area contributed by atoms with Crippen LogP contribution < -0.4 is 26.5 Å². The van der Waals surface area contributed by atoms with E-state index in [1.54, 1.807) is 29.2 Å². The van der Waals surface area contributed by atoms with Crippen LogP contribution in [0.1, 0.15) is 13.8 Å². The van der Waals surface area contributed by atoms with E-state index in [1.807, 2.05) is 12.1 Å². The van der Waals surface area contributed by atoms with Crippen molar-refractivity contribution in [3.63, 3.8) is 0 Å². The van der Waals surface area contributed by atoms with Crippen molar-refractivity contribution < 1.29 is 15.2 Å². The standard InChI is InChI=1S/C25H30Cl2N8O3/c1-15(2)33-11-12-34(23(36)14-33)19-5-7-21(31-24(19)17-4-3-16(26)13-18(17)27)29-9-10-30-22-8-6-20(35(37)38)25(28)32-22/h3-8,13,15,35,37H,9-12,14H2,1-2H3,(H,29,31)(H3,28,30,32). The molecule has 202 valence electrons. The summed E-state index contributed by atoms with van der Waals surface area (Å²) >= 11 is 12.7. The number of piperazine rings is 1. The summed E-state index contributed by atoms with van der Waals surface area (Å²) in [6.07, 6.45) is 0. The van der Waals surface area contributed by atoms with Crippen LogP contribution in [0.3, 0.4) is 0 Å². The summed E-state index contributed by atoms with van der Waals surface area (Å²) < 4.78 is 0. The normalized spacial score (nSPS) is 15.1. The Morgan fingerprint density at radius 3 is 2.37 bits per heavy atom. The van der Waals surface area contributed by atoms with Gasteiger partial charge in [-0.05, 0) is 50.2 Å². The molecule has 1 aliphatic heterocycles. The van der Waals surface area contributed by atoms with E-state index in [-0.39, 0.29) is 23.5 Å². The number of aromatic nitrogens is 2. The average molecular weight is 561 g/mol. The molecule has 1 aromatic carbocycles. The smallest absolute Gasteiger partial charge is 0.241 e. The minimum Gasteiger partial charge on any atom is -0.595 e. The number of pyridine rings is 2. The second kappa shape index (κ2) is 12.1. The lowest BCUT2D eigenvalue weighted by Gasteiger charge is -2.37. The van der Waals surface area contributed by atoms with Gasteiger partial charge in [0, 0.05) is 48.9 Å². The Morgan fingerprint density at radius 2 is 1.76 bits per heavy atom. The van der Waals surface area contributed by atoms with Gasteiger partial charge < -0.3 is 26.5 Å². The zero-order valence-electron chi connectivity index (χ0n) is 21.0. The Balaban J connectivity index is 1.51. The minimum atomic E-state index is -1.13. The molecule has 38 heavy (non-hydrogen) atoms. The van der Waals surface area contributed by atoms with Gasteiger partial charge in [0.05, 0.1) is 22.9 Å². The first-order valence-electron chi connectivity index (χ1n) is 12.1. The van der Waals surface area contributed by atoms with Crippen molar-refractivity contribution in [2.75, 3.05) is 54.0 Å². The third kappa shape index (κ3) is 6.44. The summed E-state index contributed by atoms with van der Waals surface area (Å²) in [5, 5.41) is 26.4. The molecule has 0 bridgehead atoms. The molecule has 1 atom stereocenters. The van der Waals surface area contributed by atoms with E-state index in [4.69, 9.17) is 39.1 Å². The van der Waals surface area contributed by atoms with Crippen molar-refractivity contribution in [1.29, 1.82) is 0 Å². The molecule has 1 fully saturated rings. The molecule has 1 unspecified atom stereocenters. The average Bonchev–Trinajstić information content (AvgIpc) is 2.86. The number of carbonyl (C=O) groups excluding carboxylic acids is 1. The number of amides is 1. The van der Waals surface area contributed by atoms with Gasteiger partial charge in [0.1, 0.15) is 11.6 Å². The Hall–Kier alpha value is -3.19. The van der Waals surface area contributed by atoms with Crippen molar-refractivity contribution >= 4 is 57.9 Å². The fourth-order valence-electron chi connectivity index (χ4n) is 4.17. The third-order valence-electron chi connectivity index (χ3n) is 6.22. The summed E-state index contributed by atoms with van der Waals surface area (Å²) in [7, 11) is 0. The monoisotopic (exact) mass is 560 g/mol. The number of hydrogen-bond donors (Lipinski definition) is 5.